The third-order valence-corrected chi connectivity index (χ3v) is 4.89. The zero-order valence-corrected chi connectivity index (χ0v) is 11.2. The Labute approximate surface area is 79.1 Å². The molecule has 0 aliphatic heterocycles. The van der Waals surface area contributed by atoms with Gasteiger partial charge in [0.05, 0.1) is 16.1 Å². The van der Waals surface area contributed by atoms with Crippen molar-refractivity contribution in [3.8, 4) is 12.3 Å². The van der Waals surface area contributed by atoms with Gasteiger partial charge in [0.2, 0.25) is 0 Å². The Morgan fingerprint density at radius 3 is 1.58 bits per heavy atom. The quantitative estimate of drug-likeness (QED) is 0.470. The molecule has 0 radical (unpaired) electrons. The summed E-state index contributed by atoms with van der Waals surface area (Å²) in [6, 6.07) is 0. The van der Waals surface area contributed by atoms with Gasteiger partial charge in [0.25, 0.3) is 0 Å². The van der Waals surface area contributed by atoms with Crippen LogP contribution in [0.2, 0.25) is 39.3 Å². The van der Waals surface area contributed by atoms with E-state index in [1.165, 1.54) is 5.20 Å². The highest BCUT2D eigenvalue weighted by molar-refractivity contribution is 6.88. The van der Waals surface area contributed by atoms with Crippen molar-refractivity contribution >= 4 is 16.1 Å². The van der Waals surface area contributed by atoms with Gasteiger partial charge in [0.15, 0.2) is 0 Å². The average molecular weight is 196 g/mol. The van der Waals surface area contributed by atoms with Crippen molar-refractivity contribution in [1.29, 1.82) is 0 Å². The molecular formula is C10H20Si2. The standard InChI is InChI=1S/C10H20Si2/c1-8-10(12(5,6)7)9-11(2,3)4/h1,9H,2-7H3/b10-9+. The maximum atomic E-state index is 5.50. The minimum absolute atomic E-state index is 1.12. The number of allylic oxidation sites excluding steroid dienone is 1. The van der Waals surface area contributed by atoms with Crippen LogP contribution in [-0.2, 0) is 0 Å². The van der Waals surface area contributed by atoms with E-state index >= 15 is 0 Å². The lowest BCUT2D eigenvalue weighted by Gasteiger charge is -2.20. The predicted octanol–water partition coefficient (Wildman–Crippen LogP) is 3.30. The molecule has 0 bridgehead atoms. The van der Waals surface area contributed by atoms with Gasteiger partial charge in [-0.2, -0.15) is 0 Å². The fourth-order valence-electron chi connectivity index (χ4n) is 0.908. The van der Waals surface area contributed by atoms with Crippen LogP contribution in [0, 0.1) is 12.3 Å². The van der Waals surface area contributed by atoms with Crippen LogP contribution in [0.5, 0.6) is 0 Å². The van der Waals surface area contributed by atoms with E-state index in [1.807, 2.05) is 0 Å². The summed E-state index contributed by atoms with van der Waals surface area (Å²) < 4.78 is 0. The smallest absolute Gasteiger partial charge is 0.0874 e. The van der Waals surface area contributed by atoms with E-state index in [0.29, 0.717) is 0 Å². The Balaban J connectivity index is 4.85. The molecule has 0 saturated heterocycles. The normalized spacial score (nSPS) is 14.2. The monoisotopic (exact) mass is 196 g/mol. The Kier molecular flexibility index (Phi) is 3.55. The molecule has 0 unspecified atom stereocenters. The van der Waals surface area contributed by atoms with E-state index in [9.17, 15) is 0 Å². The number of hydrogen-bond acceptors (Lipinski definition) is 0. The van der Waals surface area contributed by atoms with Gasteiger partial charge >= 0.3 is 0 Å². The molecule has 12 heavy (non-hydrogen) atoms. The summed E-state index contributed by atoms with van der Waals surface area (Å²) in [5.41, 5.74) is 2.37. The largest absolute Gasteiger partial charge is 0.115 e. The molecule has 0 aliphatic rings. The van der Waals surface area contributed by atoms with Gasteiger partial charge in [-0.15, -0.1) is 6.42 Å². The van der Waals surface area contributed by atoms with Crippen LogP contribution < -0.4 is 0 Å². The van der Waals surface area contributed by atoms with Crippen molar-refractivity contribution in [2.75, 3.05) is 0 Å². The molecule has 0 aliphatic carbocycles. The molecule has 68 valence electrons. The average Bonchev–Trinajstić information content (AvgIpc) is 1.78. The summed E-state index contributed by atoms with van der Waals surface area (Å²) in [6.07, 6.45) is 5.50. The molecule has 0 amide bonds. The molecular weight excluding hydrogens is 176 g/mol. The van der Waals surface area contributed by atoms with Crippen LogP contribution in [0.15, 0.2) is 10.9 Å². The molecule has 0 aromatic carbocycles. The summed E-state index contributed by atoms with van der Waals surface area (Å²) in [7, 11) is -2.36. The first-order valence-electron chi connectivity index (χ1n) is 4.37. The lowest BCUT2D eigenvalue weighted by atomic mass is 10.7. The number of rotatable bonds is 2. The van der Waals surface area contributed by atoms with Gasteiger partial charge in [-0.3, -0.25) is 0 Å². The lowest BCUT2D eigenvalue weighted by molar-refractivity contribution is 1.67. The van der Waals surface area contributed by atoms with E-state index in [1.54, 1.807) is 0 Å². The fraction of sp³-hybridized carbons (Fsp3) is 0.600. The zero-order chi connectivity index (χ0) is 9.99. The first-order chi connectivity index (χ1) is 5.17. The van der Waals surface area contributed by atoms with Crippen molar-refractivity contribution in [3.05, 3.63) is 10.9 Å². The predicted molar refractivity (Wildman–Crippen MR) is 63.6 cm³/mol. The summed E-state index contributed by atoms with van der Waals surface area (Å²) in [5.74, 6) is 2.86. The first-order valence-corrected chi connectivity index (χ1v) is 11.4. The van der Waals surface area contributed by atoms with Crippen molar-refractivity contribution in [2.24, 2.45) is 0 Å². The Bertz CT molecular complexity index is 218. The van der Waals surface area contributed by atoms with Crippen LogP contribution in [0.3, 0.4) is 0 Å². The maximum Gasteiger partial charge on any atom is 0.0874 e. The van der Waals surface area contributed by atoms with Gasteiger partial charge in [-0.1, -0.05) is 50.9 Å². The van der Waals surface area contributed by atoms with E-state index in [0.717, 1.165) is 0 Å². The van der Waals surface area contributed by atoms with Gasteiger partial charge in [-0.05, 0) is 5.20 Å². The number of terminal acetylenes is 1. The summed E-state index contributed by atoms with van der Waals surface area (Å²) in [6.45, 7) is 13.9. The van der Waals surface area contributed by atoms with Crippen molar-refractivity contribution in [3.63, 3.8) is 0 Å². The van der Waals surface area contributed by atoms with Crippen molar-refractivity contribution < 1.29 is 0 Å². The molecule has 0 aromatic rings. The molecule has 0 fully saturated rings. The molecule has 2 heteroatoms. The minimum atomic E-state index is -1.24. The minimum Gasteiger partial charge on any atom is -0.115 e. The molecule has 0 atom stereocenters. The SMILES string of the molecule is C#C/C(=C\[Si](C)(C)C)[Si](C)(C)C. The topological polar surface area (TPSA) is 0 Å². The second-order valence-corrected chi connectivity index (χ2v) is 15.4. The first kappa shape index (κ1) is 11.7. The highest BCUT2D eigenvalue weighted by Gasteiger charge is 2.21. The maximum absolute atomic E-state index is 5.50. The van der Waals surface area contributed by atoms with E-state index < -0.39 is 16.1 Å². The van der Waals surface area contributed by atoms with Gasteiger partial charge in [0, 0.05) is 0 Å². The van der Waals surface area contributed by atoms with E-state index in [4.69, 9.17) is 6.42 Å². The number of hydrogen-bond donors (Lipinski definition) is 0. The molecule has 0 heterocycles. The van der Waals surface area contributed by atoms with E-state index in [-0.39, 0.29) is 0 Å². The Hall–Kier alpha value is -0.266. The molecule has 0 saturated carbocycles. The van der Waals surface area contributed by atoms with Crippen molar-refractivity contribution in [2.45, 2.75) is 39.3 Å². The summed E-state index contributed by atoms with van der Waals surface area (Å²) in [4.78, 5) is 0. The van der Waals surface area contributed by atoms with Crippen LogP contribution in [-0.4, -0.2) is 16.1 Å². The molecule has 0 spiro atoms. The third kappa shape index (κ3) is 4.58. The zero-order valence-electron chi connectivity index (χ0n) is 9.15. The molecule has 0 rings (SSSR count). The second-order valence-electron chi connectivity index (χ2n) is 5.32. The highest BCUT2D eigenvalue weighted by Crippen LogP contribution is 2.17. The van der Waals surface area contributed by atoms with Crippen molar-refractivity contribution in [1.82, 2.24) is 0 Å². The van der Waals surface area contributed by atoms with Crippen LogP contribution in [0.25, 0.3) is 0 Å². The molecule has 0 aromatic heterocycles. The molecule has 0 N–H and O–H groups in total. The van der Waals surface area contributed by atoms with E-state index in [2.05, 4.69) is 50.9 Å². The summed E-state index contributed by atoms with van der Waals surface area (Å²) >= 11 is 0. The summed E-state index contributed by atoms with van der Waals surface area (Å²) in [5, 5.41) is 1.29. The van der Waals surface area contributed by atoms with Gasteiger partial charge in [-0.25, -0.2) is 0 Å². The van der Waals surface area contributed by atoms with Crippen LogP contribution in [0.4, 0.5) is 0 Å². The van der Waals surface area contributed by atoms with Crippen LogP contribution >= 0.6 is 0 Å². The Morgan fingerprint density at radius 1 is 1.08 bits per heavy atom. The van der Waals surface area contributed by atoms with Gasteiger partial charge < -0.3 is 0 Å². The Morgan fingerprint density at radius 2 is 1.50 bits per heavy atom. The fourth-order valence-corrected chi connectivity index (χ4v) is 5.32. The lowest BCUT2D eigenvalue weighted by Crippen LogP contribution is -2.27. The second kappa shape index (κ2) is 3.63. The van der Waals surface area contributed by atoms with Crippen LogP contribution in [0.1, 0.15) is 0 Å². The highest BCUT2D eigenvalue weighted by atomic mass is 28.3. The van der Waals surface area contributed by atoms with Gasteiger partial charge in [0.1, 0.15) is 0 Å². The molecule has 0 nitrogen and oxygen atoms in total. The third-order valence-electron chi connectivity index (χ3n) is 1.54.